The van der Waals surface area contributed by atoms with Crippen molar-refractivity contribution in [2.24, 2.45) is 10.7 Å². The lowest BCUT2D eigenvalue weighted by molar-refractivity contribution is 0.637. The molecule has 0 fully saturated rings. The summed E-state index contributed by atoms with van der Waals surface area (Å²) in [7, 11) is 0. The van der Waals surface area contributed by atoms with E-state index in [4.69, 9.17) is 5.73 Å². The largest absolute Gasteiger partial charge is 0.371 e. The van der Waals surface area contributed by atoms with Crippen LogP contribution in [0.1, 0.15) is 25.7 Å². The van der Waals surface area contributed by atoms with Crippen LogP contribution in [0.5, 0.6) is 0 Å². The second-order valence-electron chi connectivity index (χ2n) is 2.67. The molecule has 0 bridgehead atoms. The van der Waals surface area contributed by atoms with E-state index in [-0.39, 0.29) is 6.17 Å². The maximum absolute atomic E-state index is 5.85. The molecule has 0 amide bonds. The first-order chi connectivity index (χ1) is 6.79. The highest BCUT2D eigenvalue weighted by atomic mass is 15.1. The fourth-order valence-corrected chi connectivity index (χ4v) is 1.03. The topological polar surface area (TPSA) is 79.1 Å². The quantitative estimate of drug-likeness (QED) is 0.496. The first-order valence-corrected chi connectivity index (χ1v) is 4.44. The molecule has 0 aliphatic heterocycles. The average Bonchev–Trinajstić information content (AvgIpc) is 2.63. The number of H-pyrrole nitrogens is 1. The Morgan fingerprint density at radius 1 is 1.64 bits per heavy atom. The summed E-state index contributed by atoms with van der Waals surface area (Å²) in [4.78, 5) is 11.1. The van der Waals surface area contributed by atoms with E-state index in [2.05, 4.69) is 20.3 Å². The van der Waals surface area contributed by atoms with Crippen LogP contribution >= 0.6 is 0 Å². The van der Waals surface area contributed by atoms with Crippen molar-refractivity contribution in [3.63, 3.8) is 0 Å². The number of nitrogens with two attached hydrogens (primary N) is 1. The summed E-state index contributed by atoms with van der Waals surface area (Å²) in [6, 6.07) is 0. The maximum atomic E-state index is 5.85. The predicted molar refractivity (Wildman–Crippen MR) is 57.3 cm³/mol. The fraction of sp³-hybridized carbons (Fsp3) is 0.333. The van der Waals surface area contributed by atoms with Crippen LogP contribution < -0.4 is 11.1 Å². The minimum absolute atomic E-state index is 0.313. The monoisotopic (exact) mass is 193 g/mol. The lowest BCUT2D eigenvalue weighted by Crippen LogP contribution is -2.24. The van der Waals surface area contributed by atoms with Crippen LogP contribution in [0.15, 0.2) is 23.6 Å². The number of aromatic nitrogens is 2. The molecule has 1 rings (SSSR count). The minimum atomic E-state index is -0.313. The van der Waals surface area contributed by atoms with Gasteiger partial charge in [-0.15, -0.1) is 0 Å². The molecule has 1 aromatic rings. The van der Waals surface area contributed by atoms with Crippen LogP contribution in [0.25, 0.3) is 0 Å². The molecule has 1 atom stereocenters. The standard InChI is InChI=1S/C9H15N5/c1-3-5-12-8(10)7-9(11-4-2)14-6-13-7/h3-6,8,12H,10H2,1-2H3,(H,13,14)/b5-3-,11-4?. The van der Waals surface area contributed by atoms with Gasteiger partial charge < -0.3 is 16.0 Å². The molecule has 0 aliphatic rings. The van der Waals surface area contributed by atoms with E-state index in [1.54, 1.807) is 18.7 Å². The number of nitrogens with zero attached hydrogens (tertiary/aromatic N) is 2. The molecule has 0 saturated carbocycles. The lowest BCUT2D eigenvalue weighted by atomic mass is 10.3. The SMILES string of the molecule is CC=Nc1nc[nH]c1C(N)N/C=C\C. The normalized spacial score (nSPS) is 13.9. The molecule has 0 spiro atoms. The second-order valence-corrected chi connectivity index (χ2v) is 2.67. The summed E-state index contributed by atoms with van der Waals surface area (Å²) >= 11 is 0. The minimum Gasteiger partial charge on any atom is -0.371 e. The van der Waals surface area contributed by atoms with Crippen LogP contribution in [-0.2, 0) is 0 Å². The van der Waals surface area contributed by atoms with Gasteiger partial charge in [-0.2, -0.15) is 0 Å². The number of aliphatic imine (C=N–C) groups is 1. The van der Waals surface area contributed by atoms with E-state index in [1.165, 1.54) is 0 Å². The van der Waals surface area contributed by atoms with Gasteiger partial charge in [0.1, 0.15) is 6.17 Å². The molecule has 1 aromatic heterocycles. The van der Waals surface area contributed by atoms with Crippen molar-refractivity contribution in [2.45, 2.75) is 20.0 Å². The van der Waals surface area contributed by atoms with E-state index in [1.807, 2.05) is 19.9 Å². The second kappa shape index (κ2) is 5.18. The highest BCUT2D eigenvalue weighted by molar-refractivity contribution is 5.59. The predicted octanol–water partition coefficient (Wildman–Crippen LogP) is 1.21. The molecule has 5 heteroatoms. The van der Waals surface area contributed by atoms with Gasteiger partial charge in [0.05, 0.1) is 12.0 Å². The first kappa shape index (κ1) is 10.5. The van der Waals surface area contributed by atoms with Gasteiger partial charge in [-0.25, -0.2) is 9.98 Å². The zero-order chi connectivity index (χ0) is 10.4. The molecule has 0 radical (unpaired) electrons. The van der Waals surface area contributed by atoms with Crippen LogP contribution in [0.2, 0.25) is 0 Å². The van der Waals surface area contributed by atoms with E-state index < -0.39 is 0 Å². The maximum Gasteiger partial charge on any atom is 0.176 e. The molecule has 0 aliphatic carbocycles. The van der Waals surface area contributed by atoms with Crippen molar-refractivity contribution >= 4 is 12.0 Å². The average molecular weight is 193 g/mol. The smallest absolute Gasteiger partial charge is 0.176 e. The van der Waals surface area contributed by atoms with Crippen molar-refractivity contribution in [1.82, 2.24) is 15.3 Å². The number of hydrogen-bond acceptors (Lipinski definition) is 4. The Balaban J connectivity index is 2.78. The van der Waals surface area contributed by atoms with Gasteiger partial charge in [0.15, 0.2) is 5.82 Å². The van der Waals surface area contributed by atoms with Gasteiger partial charge >= 0.3 is 0 Å². The van der Waals surface area contributed by atoms with Crippen molar-refractivity contribution in [3.8, 4) is 0 Å². The van der Waals surface area contributed by atoms with E-state index in [9.17, 15) is 0 Å². The zero-order valence-corrected chi connectivity index (χ0v) is 8.36. The molecule has 4 N–H and O–H groups in total. The molecule has 0 aromatic carbocycles. The van der Waals surface area contributed by atoms with Crippen LogP contribution in [0.3, 0.4) is 0 Å². The van der Waals surface area contributed by atoms with E-state index in [0.29, 0.717) is 5.82 Å². The third-order valence-electron chi connectivity index (χ3n) is 1.65. The van der Waals surface area contributed by atoms with Gasteiger partial charge in [-0.05, 0) is 20.0 Å². The molecule has 76 valence electrons. The van der Waals surface area contributed by atoms with Gasteiger partial charge in [0.2, 0.25) is 0 Å². The Kier molecular flexibility index (Phi) is 3.87. The number of hydrogen-bond donors (Lipinski definition) is 3. The Bertz CT molecular complexity index is 326. The van der Waals surface area contributed by atoms with Crippen LogP contribution in [-0.4, -0.2) is 16.2 Å². The molecule has 0 saturated heterocycles. The first-order valence-electron chi connectivity index (χ1n) is 4.44. The van der Waals surface area contributed by atoms with Crippen molar-refractivity contribution in [2.75, 3.05) is 0 Å². The van der Waals surface area contributed by atoms with Gasteiger partial charge in [0, 0.05) is 6.21 Å². The van der Waals surface area contributed by atoms with Crippen molar-refractivity contribution < 1.29 is 0 Å². The van der Waals surface area contributed by atoms with Crippen molar-refractivity contribution in [3.05, 3.63) is 24.3 Å². The van der Waals surface area contributed by atoms with Gasteiger partial charge in [0.25, 0.3) is 0 Å². The Morgan fingerprint density at radius 3 is 3.07 bits per heavy atom. The summed E-state index contributed by atoms with van der Waals surface area (Å²) in [5.74, 6) is 0.622. The summed E-state index contributed by atoms with van der Waals surface area (Å²) in [5.41, 5.74) is 6.63. The molecule has 5 nitrogen and oxygen atoms in total. The Labute approximate surface area is 83.1 Å². The highest BCUT2D eigenvalue weighted by Gasteiger charge is 2.10. The molecule has 1 heterocycles. The molecular formula is C9H15N5. The van der Waals surface area contributed by atoms with Gasteiger partial charge in [-0.3, -0.25) is 0 Å². The van der Waals surface area contributed by atoms with Crippen LogP contribution in [0, 0.1) is 0 Å². The summed E-state index contributed by atoms with van der Waals surface area (Å²) in [6.07, 6.45) is 6.60. The third-order valence-corrected chi connectivity index (χ3v) is 1.65. The Hall–Kier alpha value is -1.62. The number of nitrogens with one attached hydrogen (secondary N) is 2. The van der Waals surface area contributed by atoms with Gasteiger partial charge in [-0.1, -0.05) is 6.08 Å². The number of rotatable bonds is 4. The number of allylic oxidation sites excluding steroid dienone is 1. The van der Waals surface area contributed by atoms with Crippen molar-refractivity contribution in [1.29, 1.82) is 0 Å². The van der Waals surface area contributed by atoms with E-state index in [0.717, 1.165) is 5.69 Å². The van der Waals surface area contributed by atoms with Crippen LogP contribution in [0.4, 0.5) is 5.82 Å². The summed E-state index contributed by atoms with van der Waals surface area (Å²) < 4.78 is 0. The van der Waals surface area contributed by atoms with E-state index >= 15 is 0 Å². The summed E-state index contributed by atoms with van der Waals surface area (Å²) in [6.45, 7) is 3.75. The number of aromatic amines is 1. The zero-order valence-electron chi connectivity index (χ0n) is 8.36. The number of imidazole rings is 1. The molecular weight excluding hydrogens is 178 g/mol. The highest BCUT2D eigenvalue weighted by Crippen LogP contribution is 2.17. The third kappa shape index (κ3) is 2.43. The lowest BCUT2D eigenvalue weighted by Gasteiger charge is -2.09. The fourth-order valence-electron chi connectivity index (χ4n) is 1.03. The summed E-state index contributed by atoms with van der Waals surface area (Å²) in [5, 5.41) is 2.99. The molecule has 1 unspecified atom stereocenters. The Morgan fingerprint density at radius 2 is 2.43 bits per heavy atom. The molecule has 14 heavy (non-hydrogen) atoms.